The second-order valence-corrected chi connectivity index (χ2v) is 5.77. The van der Waals surface area contributed by atoms with E-state index in [0.29, 0.717) is 18.7 Å². The summed E-state index contributed by atoms with van der Waals surface area (Å²) < 4.78 is 5.15. The zero-order valence-corrected chi connectivity index (χ0v) is 12.7. The van der Waals surface area contributed by atoms with Crippen molar-refractivity contribution >= 4 is 23.5 Å². The Bertz CT molecular complexity index is 787. The number of nitrogens with one attached hydrogen (secondary N) is 1. The maximum atomic E-state index is 12.9. The van der Waals surface area contributed by atoms with Gasteiger partial charge in [-0.25, -0.2) is 9.69 Å². The number of anilines is 1. The first kappa shape index (κ1) is 14.5. The molecule has 7 heteroatoms. The highest BCUT2D eigenvalue weighted by Crippen LogP contribution is 2.28. The van der Waals surface area contributed by atoms with Crippen LogP contribution in [-0.4, -0.2) is 41.4 Å². The summed E-state index contributed by atoms with van der Waals surface area (Å²) in [6, 6.07) is 10.3. The van der Waals surface area contributed by atoms with Crippen LogP contribution in [0.4, 0.5) is 10.5 Å². The third-order valence-electron chi connectivity index (χ3n) is 4.39. The molecule has 2 atom stereocenters. The van der Waals surface area contributed by atoms with Crippen LogP contribution in [0.5, 0.6) is 0 Å². The largest absolute Gasteiger partial charge is 0.459 e. The number of imide groups is 1. The molecular weight excluding hydrogens is 310 g/mol. The van der Waals surface area contributed by atoms with Crippen LogP contribution in [0, 0.1) is 0 Å². The lowest BCUT2D eigenvalue weighted by Gasteiger charge is -2.36. The maximum Gasteiger partial charge on any atom is 0.329 e. The highest BCUT2D eigenvalue weighted by Gasteiger charge is 2.50. The molecule has 2 aliphatic rings. The van der Waals surface area contributed by atoms with Crippen LogP contribution in [0.25, 0.3) is 0 Å². The monoisotopic (exact) mass is 325 g/mol. The first-order chi connectivity index (χ1) is 11.7. The standard InChI is InChI=1S/C17H15N3O4/c21-15(13-7-4-10-24-13)19-9-8-12-14(19)16(22)20(17(23)18-12)11-5-2-1-3-6-11/h1-7,10,12,14H,8-9H2,(H,18,23)/t12-,14+/m1/s1. The van der Waals surface area contributed by atoms with Crippen LogP contribution in [0.2, 0.25) is 0 Å². The van der Waals surface area contributed by atoms with E-state index in [2.05, 4.69) is 5.32 Å². The fourth-order valence-corrected chi connectivity index (χ4v) is 3.30. The van der Waals surface area contributed by atoms with E-state index in [0.717, 1.165) is 4.90 Å². The molecule has 1 aromatic heterocycles. The van der Waals surface area contributed by atoms with E-state index in [1.807, 2.05) is 0 Å². The summed E-state index contributed by atoms with van der Waals surface area (Å²) in [6.07, 6.45) is 1.96. The highest BCUT2D eigenvalue weighted by atomic mass is 16.3. The summed E-state index contributed by atoms with van der Waals surface area (Å²) in [5.41, 5.74) is 0.482. The van der Waals surface area contributed by atoms with Gasteiger partial charge in [0.15, 0.2) is 5.76 Å². The molecule has 0 saturated carbocycles. The molecule has 0 radical (unpaired) electrons. The molecule has 0 unspecified atom stereocenters. The normalized spacial score (nSPS) is 23.2. The Kier molecular flexibility index (Phi) is 3.34. The molecule has 2 aromatic rings. The van der Waals surface area contributed by atoms with Crippen molar-refractivity contribution in [2.24, 2.45) is 0 Å². The Hall–Kier alpha value is -3.09. The van der Waals surface area contributed by atoms with Crippen LogP contribution in [-0.2, 0) is 4.79 Å². The van der Waals surface area contributed by atoms with Crippen LogP contribution in [0.15, 0.2) is 53.1 Å². The Labute approximate surface area is 137 Å². The predicted octanol–water partition coefficient (Wildman–Crippen LogP) is 1.62. The lowest BCUT2D eigenvalue weighted by Crippen LogP contribution is -2.65. The van der Waals surface area contributed by atoms with Gasteiger partial charge < -0.3 is 14.6 Å². The topological polar surface area (TPSA) is 82.9 Å². The van der Waals surface area contributed by atoms with Crippen LogP contribution < -0.4 is 10.2 Å². The first-order valence-corrected chi connectivity index (χ1v) is 7.71. The summed E-state index contributed by atoms with van der Waals surface area (Å²) in [7, 11) is 0. The number of para-hydroxylation sites is 1. The van der Waals surface area contributed by atoms with Gasteiger partial charge in [-0.15, -0.1) is 0 Å². The number of rotatable bonds is 2. The minimum absolute atomic E-state index is 0.187. The molecular formula is C17H15N3O4. The maximum absolute atomic E-state index is 12.9. The Balaban J connectivity index is 1.66. The fourth-order valence-electron chi connectivity index (χ4n) is 3.30. The van der Waals surface area contributed by atoms with Gasteiger partial charge in [0.25, 0.3) is 11.8 Å². The van der Waals surface area contributed by atoms with Crippen molar-refractivity contribution in [1.82, 2.24) is 10.2 Å². The van der Waals surface area contributed by atoms with Crippen molar-refractivity contribution in [2.45, 2.75) is 18.5 Å². The fraction of sp³-hybridized carbons (Fsp3) is 0.235. The number of likely N-dealkylation sites (tertiary alicyclic amines) is 1. The first-order valence-electron chi connectivity index (χ1n) is 7.71. The molecule has 7 nitrogen and oxygen atoms in total. The van der Waals surface area contributed by atoms with Crippen molar-refractivity contribution in [2.75, 3.05) is 11.4 Å². The third kappa shape index (κ3) is 2.17. The molecule has 1 aromatic carbocycles. The Morgan fingerprint density at radius 2 is 1.92 bits per heavy atom. The smallest absolute Gasteiger partial charge is 0.329 e. The van der Waals surface area contributed by atoms with Crippen LogP contribution >= 0.6 is 0 Å². The third-order valence-corrected chi connectivity index (χ3v) is 4.39. The number of nitrogens with zero attached hydrogens (tertiary/aromatic N) is 2. The lowest BCUT2D eigenvalue weighted by atomic mass is 10.0. The summed E-state index contributed by atoms with van der Waals surface area (Å²) in [6.45, 7) is 0.392. The molecule has 24 heavy (non-hydrogen) atoms. The molecule has 122 valence electrons. The zero-order valence-electron chi connectivity index (χ0n) is 12.7. The van der Waals surface area contributed by atoms with E-state index in [4.69, 9.17) is 4.42 Å². The number of amides is 4. The molecule has 0 aliphatic carbocycles. The minimum atomic E-state index is -0.722. The van der Waals surface area contributed by atoms with E-state index < -0.39 is 18.0 Å². The average Bonchev–Trinajstić information content (AvgIpc) is 3.25. The molecule has 1 N–H and O–H groups in total. The summed E-state index contributed by atoms with van der Waals surface area (Å²) in [5, 5.41) is 2.83. The van der Waals surface area contributed by atoms with Gasteiger partial charge >= 0.3 is 6.03 Å². The Morgan fingerprint density at radius 1 is 1.12 bits per heavy atom. The van der Waals surface area contributed by atoms with Crippen molar-refractivity contribution in [3.8, 4) is 0 Å². The van der Waals surface area contributed by atoms with Crippen molar-refractivity contribution in [1.29, 1.82) is 0 Å². The molecule has 0 spiro atoms. The van der Waals surface area contributed by atoms with E-state index in [9.17, 15) is 14.4 Å². The van der Waals surface area contributed by atoms with Crippen LogP contribution in [0.1, 0.15) is 17.0 Å². The van der Waals surface area contributed by atoms with Gasteiger partial charge in [-0.3, -0.25) is 9.59 Å². The Morgan fingerprint density at radius 3 is 2.62 bits per heavy atom. The quantitative estimate of drug-likeness (QED) is 0.909. The number of fused-ring (bicyclic) bond motifs is 1. The van der Waals surface area contributed by atoms with Gasteiger partial charge in [0, 0.05) is 6.54 Å². The van der Waals surface area contributed by atoms with E-state index in [1.165, 1.54) is 11.2 Å². The highest BCUT2D eigenvalue weighted by molar-refractivity contribution is 6.19. The average molecular weight is 325 g/mol. The molecule has 2 aliphatic heterocycles. The number of carbonyl (C=O) groups is 3. The predicted molar refractivity (Wildman–Crippen MR) is 84.4 cm³/mol. The van der Waals surface area contributed by atoms with Crippen molar-refractivity contribution < 1.29 is 18.8 Å². The summed E-state index contributed by atoms with van der Waals surface area (Å²) in [5.74, 6) is -0.552. The second-order valence-electron chi connectivity index (χ2n) is 5.77. The van der Waals surface area contributed by atoms with Crippen molar-refractivity contribution in [3.63, 3.8) is 0 Å². The van der Waals surface area contributed by atoms with Crippen molar-refractivity contribution in [3.05, 3.63) is 54.5 Å². The van der Waals surface area contributed by atoms with Gasteiger partial charge in [0.1, 0.15) is 6.04 Å². The number of benzene rings is 1. The lowest BCUT2D eigenvalue weighted by molar-refractivity contribution is -0.122. The molecule has 2 saturated heterocycles. The van der Waals surface area contributed by atoms with Gasteiger partial charge in [-0.05, 0) is 30.7 Å². The van der Waals surface area contributed by atoms with E-state index >= 15 is 0 Å². The van der Waals surface area contributed by atoms with Gasteiger partial charge in [0.05, 0.1) is 18.0 Å². The number of carbonyl (C=O) groups excluding carboxylic acids is 3. The van der Waals surface area contributed by atoms with Crippen LogP contribution in [0.3, 0.4) is 0 Å². The molecule has 2 fully saturated rings. The van der Waals surface area contributed by atoms with E-state index in [-0.39, 0.29) is 17.7 Å². The summed E-state index contributed by atoms with van der Waals surface area (Å²) in [4.78, 5) is 40.4. The molecule has 0 bridgehead atoms. The summed E-state index contributed by atoms with van der Waals surface area (Å²) >= 11 is 0. The minimum Gasteiger partial charge on any atom is -0.459 e. The van der Waals surface area contributed by atoms with Gasteiger partial charge in [-0.1, -0.05) is 18.2 Å². The SMILES string of the molecule is O=C1N[C@@H]2CCN(C(=O)c3ccco3)[C@@H]2C(=O)N1c1ccccc1. The molecule has 4 rings (SSSR count). The second kappa shape index (κ2) is 5.52. The zero-order chi connectivity index (χ0) is 16.7. The molecule has 3 heterocycles. The number of furan rings is 1. The number of urea groups is 1. The van der Waals surface area contributed by atoms with Gasteiger partial charge in [-0.2, -0.15) is 0 Å². The molecule has 4 amide bonds. The van der Waals surface area contributed by atoms with Gasteiger partial charge in [0.2, 0.25) is 0 Å². The van der Waals surface area contributed by atoms with E-state index in [1.54, 1.807) is 42.5 Å². The number of hydrogen-bond acceptors (Lipinski definition) is 4. The number of hydrogen-bond donors (Lipinski definition) is 1.